The topological polar surface area (TPSA) is 238 Å². The van der Waals surface area contributed by atoms with Crippen molar-refractivity contribution in [1.29, 1.82) is 0 Å². The zero-order chi connectivity index (χ0) is 38.4. The SMILES string of the molecule is CC(C)(C)OC(=O)N1CCC[C@H]1C(=O)NS(=O)(=O)N(CCCCCCOCCOCCN)C[C@H]1O[C@@H](n2cnc3c(N)ncnc32)[C@@H]2OC(C)(C)O[C@@H]21. The van der Waals surface area contributed by atoms with Gasteiger partial charge in [0.15, 0.2) is 23.5 Å². The molecule has 3 saturated heterocycles. The molecule has 3 aliphatic heterocycles. The second-order valence-electron chi connectivity index (χ2n) is 14.8. The van der Waals surface area contributed by atoms with E-state index in [1.54, 1.807) is 39.2 Å². The number of carbonyl (C=O) groups is 2. The second-order valence-corrected chi connectivity index (χ2v) is 16.5. The van der Waals surface area contributed by atoms with Crippen LogP contribution in [0.25, 0.3) is 11.2 Å². The van der Waals surface area contributed by atoms with Crippen molar-refractivity contribution in [3.63, 3.8) is 0 Å². The molecule has 0 unspecified atom stereocenters. The van der Waals surface area contributed by atoms with Crippen molar-refractivity contribution >= 4 is 39.2 Å². The summed E-state index contributed by atoms with van der Waals surface area (Å²) in [5, 5.41) is 0. The lowest BCUT2D eigenvalue weighted by molar-refractivity contribution is -0.196. The summed E-state index contributed by atoms with van der Waals surface area (Å²) < 4.78 is 68.8. The van der Waals surface area contributed by atoms with Gasteiger partial charge in [0.1, 0.15) is 41.8 Å². The van der Waals surface area contributed by atoms with Gasteiger partial charge in [-0.1, -0.05) is 12.8 Å². The summed E-state index contributed by atoms with van der Waals surface area (Å²) in [7, 11) is -4.44. The van der Waals surface area contributed by atoms with Crippen LogP contribution in [0, 0.1) is 0 Å². The summed E-state index contributed by atoms with van der Waals surface area (Å²) in [6.45, 7) is 11.4. The van der Waals surface area contributed by atoms with E-state index in [1.807, 2.05) is 0 Å². The number of imidazole rings is 1. The third-order valence-corrected chi connectivity index (χ3v) is 10.5. The number of nitrogens with one attached hydrogen (secondary N) is 1. The highest BCUT2D eigenvalue weighted by Crippen LogP contribution is 2.44. The summed E-state index contributed by atoms with van der Waals surface area (Å²) >= 11 is 0. The maximum atomic E-state index is 14.1. The Labute approximate surface area is 310 Å². The Bertz CT molecular complexity index is 1650. The van der Waals surface area contributed by atoms with Crippen LogP contribution in [-0.4, -0.2) is 137 Å². The average Bonchev–Trinajstić information content (AvgIpc) is 3.86. The molecule has 0 saturated carbocycles. The van der Waals surface area contributed by atoms with E-state index in [-0.39, 0.29) is 25.5 Å². The number of hydrogen-bond donors (Lipinski definition) is 3. The molecule has 0 radical (unpaired) electrons. The molecule has 2 amide bonds. The number of carbonyl (C=O) groups excluding carboxylic acids is 2. The first-order valence-electron chi connectivity index (χ1n) is 18.2. The average molecular weight is 770 g/mol. The van der Waals surface area contributed by atoms with Crippen LogP contribution in [0.15, 0.2) is 12.7 Å². The zero-order valence-electron chi connectivity index (χ0n) is 31.3. The Balaban J connectivity index is 1.29. The summed E-state index contributed by atoms with van der Waals surface area (Å²) in [4.78, 5) is 40.5. The van der Waals surface area contributed by atoms with Crippen LogP contribution < -0.4 is 16.2 Å². The van der Waals surface area contributed by atoms with Crippen LogP contribution in [0.3, 0.4) is 0 Å². The number of fused-ring (bicyclic) bond motifs is 2. The first kappa shape index (κ1) is 40.9. The molecule has 0 bridgehead atoms. The molecule has 298 valence electrons. The van der Waals surface area contributed by atoms with Crippen LogP contribution in [0.5, 0.6) is 0 Å². The predicted molar refractivity (Wildman–Crippen MR) is 191 cm³/mol. The van der Waals surface area contributed by atoms with Crippen LogP contribution in [0.2, 0.25) is 0 Å². The van der Waals surface area contributed by atoms with Crippen molar-refractivity contribution in [3.05, 3.63) is 12.7 Å². The third kappa shape index (κ3) is 10.5. The zero-order valence-corrected chi connectivity index (χ0v) is 32.1. The number of unbranched alkanes of at least 4 members (excludes halogenated alkanes) is 3. The number of nitrogens with two attached hydrogens (primary N) is 2. The maximum Gasteiger partial charge on any atom is 0.410 e. The number of aromatic nitrogens is 4. The van der Waals surface area contributed by atoms with Gasteiger partial charge < -0.3 is 39.9 Å². The molecule has 2 aromatic heterocycles. The molecule has 19 nitrogen and oxygen atoms in total. The third-order valence-electron chi connectivity index (χ3n) is 9.00. The molecule has 0 aliphatic carbocycles. The highest BCUT2D eigenvalue weighted by Gasteiger charge is 2.57. The van der Waals surface area contributed by atoms with E-state index < -0.39 is 64.2 Å². The molecule has 5 atom stereocenters. The quantitative estimate of drug-likeness (QED) is 0.182. The number of anilines is 1. The van der Waals surface area contributed by atoms with E-state index in [0.29, 0.717) is 69.8 Å². The van der Waals surface area contributed by atoms with Gasteiger partial charge in [-0.15, -0.1) is 0 Å². The van der Waals surface area contributed by atoms with Gasteiger partial charge in [-0.05, 0) is 60.3 Å². The minimum atomic E-state index is -4.44. The minimum Gasteiger partial charge on any atom is -0.444 e. The molecular weight excluding hydrogens is 714 g/mol. The molecule has 0 aromatic carbocycles. The molecule has 2 aromatic rings. The predicted octanol–water partition coefficient (Wildman–Crippen LogP) is 1.44. The Morgan fingerprint density at radius 3 is 2.49 bits per heavy atom. The highest BCUT2D eigenvalue weighted by atomic mass is 32.2. The van der Waals surface area contributed by atoms with Gasteiger partial charge in [0.05, 0.1) is 26.1 Å². The number of likely N-dealkylation sites (tertiary alicyclic amines) is 1. The molecule has 5 rings (SSSR count). The normalized spacial score (nSPS) is 24.3. The fourth-order valence-electron chi connectivity index (χ4n) is 6.69. The molecule has 0 spiro atoms. The van der Waals surface area contributed by atoms with Crippen molar-refractivity contribution in [2.24, 2.45) is 5.73 Å². The van der Waals surface area contributed by atoms with E-state index in [1.165, 1.54) is 21.9 Å². The number of ether oxygens (including phenoxy) is 6. The van der Waals surface area contributed by atoms with Gasteiger partial charge in [-0.25, -0.2) is 24.5 Å². The number of rotatable bonds is 18. The van der Waals surface area contributed by atoms with E-state index in [0.717, 1.165) is 12.8 Å². The van der Waals surface area contributed by atoms with E-state index in [2.05, 4.69) is 19.7 Å². The number of nitrogen functional groups attached to an aromatic ring is 1. The number of amides is 2. The summed E-state index contributed by atoms with van der Waals surface area (Å²) in [5.74, 6) is -1.60. The summed E-state index contributed by atoms with van der Waals surface area (Å²) in [6, 6.07) is -1.00. The fraction of sp³-hybridized carbons (Fsp3) is 0.788. The molecule has 53 heavy (non-hydrogen) atoms. The Kier molecular flexibility index (Phi) is 13.5. The van der Waals surface area contributed by atoms with Crippen molar-refractivity contribution in [2.75, 3.05) is 58.3 Å². The summed E-state index contributed by atoms with van der Waals surface area (Å²) in [6.07, 6.45) is 2.87. The van der Waals surface area contributed by atoms with Crippen LogP contribution >= 0.6 is 0 Å². The van der Waals surface area contributed by atoms with Crippen molar-refractivity contribution in [2.45, 2.75) is 115 Å². The van der Waals surface area contributed by atoms with Crippen LogP contribution in [0.4, 0.5) is 10.6 Å². The van der Waals surface area contributed by atoms with E-state index in [4.69, 9.17) is 39.9 Å². The van der Waals surface area contributed by atoms with Crippen molar-refractivity contribution in [1.82, 2.24) is 33.4 Å². The van der Waals surface area contributed by atoms with Crippen LogP contribution in [-0.2, 0) is 43.4 Å². The molecule has 5 N–H and O–H groups in total. The molecule has 5 heterocycles. The van der Waals surface area contributed by atoms with Crippen molar-refractivity contribution in [3.8, 4) is 0 Å². The number of nitrogens with zero attached hydrogens (tertiary/aromatic N) is 6. The van der Waals surface area contributed by atoms with E-state index in [9.17, 15) is 18.0 Å². The van der Waals surface area contributed by atoms with Gasteiger partial charge in [0.25, 0.3) is 5.91 Å². The molecular formula is C33H55N9O10S. The highest BCUT2D eigenvalue weighted by molar-refractivity contribution is 7.87. The standard InChI is InChI=1S/C33H55N9O10S/c1-32(2,3)52-31(44)41-14-10-11-22(41)29(43)39-53(45,46)40(13-8-6-7-9-15-47-17-18-48-16-12-34)19-23-25-26(51-33(4,5)50-25)30(49-23)42-21-38-24-27(35)36-20-37-28(24)42/h20-23,25-26,30H,6-19,34H2,1-5H3,(H,39,43)(H2,35,36,37)/t22-,23+,25+,26+,30+/m0/s1. The Hall–Kier alpha value is -3.24. The second kappa shape index (κ2) is 17.5. The van der Waals surface area contributed by atoms with Gasteiger partial charge in [-0.3, -0.25) is 14.3 Å². The lowest BCUT2D eigenvalue weighted by Crippen LogP contribution is -2.53. The Morgan fingerprint density at radius 1 is 1.04 bits per heavy atom. The fourth-order valence-corrected chi connectivity index (χ4v) is 7.92. The lowest BCUT2D eigenvalue weighted by atomic mass is 10.1. The summed E-state index contributed by atoms with van der Waals surface area (Å²) in [5.41, 5.74) is 11.5. The Morgan fingerprint density at radius 2 is 1.75 bits per heavy atom. The van der Waals surface area contributed by atoms with Crippen LogP contribution in [0.1, 0.15) is 79.4 Å². The van der Waals surface area contributed by atoms with Gasteiger partial charge in [-0.2, -0.15) is 12.7 Å². The molecule has 3 aliphatic rings. The van der Waals surface area contributed by atoms with Gasteiger partial charge in [0.2, 0.25) is 0 Å². The largest absolute Gasteiger partial charge is 0.444 e. The smallest absolute Gasteiger partial charge is 0.410 e. The minimum absolute atomic E-state index is 0.0841. The lowest BCUT2D eigenvalue weighted by Gasteiger charge is -2.30. The maximum absolute atomic E-state index is 14.1. The first-order valence-corrected chi connectivity index (χ1v) is 19.7. The van der Waals surface area contributed by atoms with Gasteiger partial charge in [0, 0.05) is 32.8 Å². The number of hydrogen-bond acceptors (Lipinski definition) is 15. The van der Waals surface area contributed by atoms with Crippen molar-refractivity contribution < 1.29 is 46.4 Å². The van der Waals surface area contributed by atoms with Gasteiger partial charge >= 0.3 is 16.3 Å². The first-order chi connectivity index (χ1) is 25.1. The molecule has 20 heteroatoms. The monoisotopic (exact) mass is 769 g/mol. The van der Waals surface area contributed by atoms with E-state index >= 15 is 0 Å². The molecule has 3 fully saturated rings.